The van der Waals surface area contributed by atoms with Crippen molar-refractivity contribution in [2.75, 3.05) is 20.1 Å². The third-order valence-electron chi connectivity index (χ3n) is 6.05. The molecule has 1 aliphatic heterocycles. The molecule has 3 rings (SSSR count). The van der Waals surface area contributed by atoms with E-state index >= 15 is 0 Å². The van der Waals surface area contributed by atoms with Gasteiger partial charge < -0.3 is 20.3 Å². The number of nitrogens with zero attached hydrogens (tertiary/aromatic N) is 2. The second-order valence-corrected chi connectivity index (χ2v) is 8.23. The molecule has 2 amide bonds. The van der Waals surface area contributed by atoms with Crippen LogP contribution in [0.25, 0.3) is 0 Å². The number of hydrogen-bond acceptors (Lipinski definition) is 5. The summed E-state index contributed by atoms with van der Waals surface area (Å²) in [6.45, 7) is 1.84. The summed E-state index contributed by atoms with van der Waals surface area (Å²) in [5.74, 6) is -0.335. The van der Waals surface area contributed by atoms with Gasteiger partial charge in [0.05, 0.1) is 6.07 Å². The molecule has 0 atom stereocenters. The summed E-state index contributed by atoms with van der Waals surface area (Å²) in [5.41, 5.74) is -1.13. The largest absolute Gasteiger partial charge is 0.433 e. The summed E-state index contributed by atoms with van der Waals surface area (Å²) in [6, 6.07) is 11.9. The maximum Gasteiger partial charge on any atom is 0.408 e. The van der Waals surface area contributed by atoms with Gasteiger partial charge >= 0.3 is 6.09 Å². The van der Waals surface area contributed by atoms with Crippen molar-refractivity contribution in [3.63, 3.8) is 0 Å². The molecule has 2 fully saturated rings. The number of carbonyl (C=O) groups excluding carboxylic acids is 2. The van der Waals surface area contributed by atoms with E-state index in [1.54, 1.807) is 0 Å². The third-order valence-corrected chi connectivity index (χ3v) is 6.05. The van der Waals surface area contributed by atoms with Crippen LogP contribution in [0.5, 0.6) is 0 Å². The van der Waals surface area contributed by atoms with Crippen molar-refractivity contribution in [3.05, 3.63) is 35.9 Å². The molecule has 7 nitrogen and oxygen atoms in total. The van der Waals surface area contributed by atoms with E-state index in [0.29, 0.717) is 32.2 Å². The van der Waals surface area contributed by atoms with Crippen LogP contribution in [-0.4, -0.2) is 48.2 Å². The average molecular weight is 399 g/mol. The molecule has 1 heterocycles. The molecule has 7 heteroatoms. The van der Waals surface area contributed by atoms with E-state index in [1.807, 2.05) is 37.4 Å². The highest BCUT2D eigenvalue weighted by atomic mass is 16.6. The number of carbonyl (C=O) groups is 2. The van der Waals surface area contributed by atoms with Crippen LogP contribution in [-0.2, 0) is 16.1 Å². The second kappa shape index (κ2) is 9.27. The number of piperidine rings is 1. The Morgan fingerprint density at radius 3 is 2.38 bits per heavy atom. The van der Waals surface area contributed by atoms with Crippen LogP contribution < -0.4 is 10.6 Å². The van der Waals surface area contributed by atoms with Crippen molar-refractivity contribution in [3.8, 4) is 6.07 Å². The van der Waals surface area contributed by atoms with E-state index in [-0.39, 0.29) is 5.91 Å². The van der Waals surface area contributed by atoms with Gasteiger partial charge in [-0.05, 0) is 51.1 Å². The fraction of sp³-hybridized carbons (Fsp3) is 0.591. The molecule has 1 aromatic carbocycles. The van der Waals surface area contributed by atoms with Gasteiger partial charge in [-0.3, -0.25) is 4.79 Å². The van der Waals surface area contributed by atoms with E-state index in [4.69, 9.17) is 4.74 Å². The van der Waals surface area contributed by atoms with Gasteiger partial charge in [0, 0.05) is 19.6 Å². The minimum Gasteiger partial charge on any atom is -0.433 e. The van der Waals surface area contributed by atoms with Crippen LogP contribution in [0.1, 0.15) is 50.5 Å². The zero-order chi connectivity index (χ0) is 20.7. The van der Waals surface area contributed by atoms with Crippen LogP contribution in [0, 0.1) is 11.3 Å². The first-order valence-corrected chi connectivity index (χ1v) is 10.4. The Morgan fingerprint density at radius 2 is 1.76 bits per heavy atom. The van der Waals surface area contributed by atoms with Crippen LogP contribution in [0.2, 0.25) is 0 Å². The maximum absolute atomic E-state index is 13.3. The first-order chi connectivity index (χ1) is 14.0. The SMILES string of the molecule is CN1CCC(C#N)(NC(=O)C2(OC(=O)NCc3ccccc3)CCCCC2)CC1. The second-order valence-electron chi connectivity index (χ2n) is 8.23. The third kappa shape index (κ3) is 5.27. The normalized spacial score (nSPS) is 20.8. The van der Waals surface area contributed by atoms with Crippen LogP contribution in [0.4, 0.5) is 4.79 Å². The summed E-state index contributed by atoms with van der Waals surface area (Å²) >= 11 is 0. The first-order valence-electron chi connectivity index (χ1n) is 10.4. The number of nitriles is 1. The smallest absolute Gasteiger partial charge is 0.408 e. The molecule has 0 bridgehead atoms. The molecule has 1 saturated carbocycles. The Hall–Kier alpha value is -2.59. The van der Waals surface area contributed by atoms with Gasteiger partial charge in [0.1, 0.15) is 5.54 Å². The highest BCUT2D eigenvalue weighted by Crippen LogP contribution is 2.33. The highest BCUT2D eigenvalue weighted by Gasteiger charge is 2.47. The molecule has 2 N–H and O–H groups in total. The minimum absolute atomic E-state index is 0.335. The van der Waals surface area contributed by atoms with E-state index < -0.39 is 17.2 Å². The molecule has 0 aromatic heterocycles. The molecule has 1 aliphatic carbocycles. The maximum atomic E-state index is 13.3. The molecular formula is C22H30N4O3. The van der Waals surface area contributed by atoms with E-state index in [1.165, 1.54) is 0 Å². The quantitative estimate of drug-likeness (QED) is 0.795. The summed E-state index contributed by atoms with van der Waals surface area (Å²) < 4.78 is 5.73. The lowest BCUT2D eigenvalue weighted by Gasteiger charge is -2.40. The predicted molar refractivity (Wildman–Crippen MR) is 109 cm³/mol. The number of likely N-dealkylation sites (tertiary alicyclic amines) is 1. The summed E-state index contributed by atoms with van der Waals surface area (Å²) in [7, 11) is 2.01. The van der Waals surface area contributed by atoms with Gasteiger partial charge in [-0.15, -0.1) is 0 Å². The standard InChI is InChI=1S/C22H30N4O3/c1-26-14-12-21(17-23,13-15-26)25-19(27)22(10-6-3-7-11-22)29-20(28)24-16-18-8-4-2-5-9-18/h2,4-5,8-9H,3,6-7,10-16H2,1H3,(H,24,28)(H,25,27). The number of rotatable bonds is 5. The van der Waals surface area contributed by atoms with Gasteiger partial charge in [0.2, 0.25) is 0 Å². The van der Waals surface area contributed by atoms with E-state index in [0.717, 1.165) is 37.9 Å². The molecule has 0 radical (unpaired) electrons. The number of amides is 2. The molecule has 1 saturated heterocycles. The van der Waals surface area contributed by atoms with Gasteiger partial charge in [-0.1, -0.05) is 36.8 Å². The minimum atomic E-state index is -1.20. The molecular weight excluding hydrogens is 368 g/mol. The summed E-state index contributed by atoms with van der Waals surface area (Å²) in [6.07, 6.45) is 4.17. The van der Waals surface area contributed by atoms with Gasteiger partial charge in [-0.2, -0.15) is 5.26 Å². The Bertz CT molecular complexity index is 745. The van der Waals surface area contributed by atoms with E-state index in [2.05, 4.69) is 21.6 Å². The predicted octanol–water partition coefficient (Wildman–Crippen LogP) is 2.72. The van der Waals surface area contributed by atoms with Crippen LogP contribution >= 0.6 is 0 Å². The molecule has 1 aromatic rings. The number of alkyl carbamates (subject to hydrolysis) is 1. The van der Waals surface area contributed by atoms with Crippen molar-refractivity contribution < 1.29 is 14.3 Å². The van der Waals surface area contributed by atoms with Crippen molar-refractivity contribution in [1.29, 1.82) is 5.26 Å². The Labute approximate surface area is 172 Å². The molecule has 2 aliphatic rings. The van der Waals surface area contributed by atoms with Gasteiger partial charge in [0.25, 0.3) is 5.91 Å². The van der Waals surface area contributed by atoms with Crippen molar-refractivity contribution in [2.24, 2.45) is 0 Å². The Morgan fingerprint density at radius 1 is 1.10 bits per heavy atom. The number of benzene rings is 1. The Balaban J connectivity index is 1.66. The number of hydrogen-bond donors (Lipinski definition) is 2. The van der Waals surface area contributed by atoms with Crippen LogP contribution in [0.3, 0.4) is 0 Å². The van der Waals surface area contributed by atoms with Crippen LogP contribution in [0.15, 0.2) is 30.3 Å². The zero-order valence-electron chi connectivity index (χ0n) is 17.1. The summed E-state index contributed by atoms with van der Waals surface area (Å²) in [5, 5.41) is 15.5. The monoisotopic (exact) mass is 398 g/mol. The molecule has 0 spiro atoms. The first kappa shape index (κ1) is 21.1. The average Bonchev–Trinajstić information content (AvgIpc) is 2.75. The number of nitrogens with one attached hydrogen (secondary N) is 2. The topological polar surface area (TPSA) is 94.5 Å². The zero-order valence-corrected chi connectivity index (χ0v) is 17.1. The lowest BCUT2D eigenvalue weighted by atomic mass is 9.81. The summed E-state index contributed by atoms with van der Waals surface area (Å²) in [4.78, 5) is 27.9. The van der Waals surface area contributed by atoms with E-state index in [9.17, 15) is 14.9 Å². The highest BCUT2D eigenvalue weighted by molar-refractivity contribution is 5.88. The van der Waals surface area contributed by atoms with Gasteiger partial charge in [0.15, 0.2) is 5.60 Å². The van der Waals surface area contributed by atoms with Crippen molar-refractivity contribution in [2.45, 2.75) is 62.6 Å². The Kier molecular flexibility index (Phi) is 6.75. The van der Waals surface area contributed by atoms with Crippen molar-refractivity contribution >= 4 is 12.0 Å². The fourth-order valence-corrected chi connectivity index (χ4v) is 4.08. The fourth-order valence-electron chi connectivity index (χ4n) is 4.08. The van der Waals surface area contributed by atoms with Gasteiger partial charge in [-0.25, -0.2) is 4.79 Å². The number of ether oxygens (including phenoxy) is 1. The van der Waals surface area contributed by atoms with Crippen molar-refractivity contribution in [1.82, 2.24) is 15.5 Å². The molecule has 29 heavy (non-hydrogen) atoms. The molecule has 0 unspecified atom stereocenters. The molecule has 156 valence electrons. The lowest BCUT2D eigenvalue weighted by Crippen LogP contribution is -2.61. The lowest BCUT2D eigenvalue weighted by molar-refractivity contribution is -0.145.